The minimum Gasteiger partial charge on any atom is -0.479 e. The highest BCUT2D eigenvalue weighted by Gasteiger charge is 2.28. The van der Waals surface area contributed by atoms with Crippen LogP contribution in [0.5, 0.6) is 5.88 Å². The van der Waals surface area contributed by atoms with Gasteiger partial charge in [-0.15, -0.1) is 5.10 Å². The number of pyridine rings is 1. The molecule has 5 heterocycles. The maximum absolute atomic E-state index is 14.6. The average molecular weight is 483 g/mol. The van der Waals surface area contributed by atoms with Crippen molar-refractivity contribution in [1.82, 2.24) is 39.3 Å². The largest absolute Gasteiger partial charge is 0.479 e. The summed E-state index contributed by atoms with van der Waals surface area (Å²) in [7, 11) is 1.59. The van der Waals surface area contributed by atoms with Crippen molar-refractivity contribution in [2.75, 3.05) is 7.11 Å². The molecule has 0 aliphatic carbocycles. The summed E-state index contributed by atoms with van der Waals surface area (Å²) in [5.74, 6) is 1.79. The number of halogens is 1. The van der Waals surface area contributed by atoms with Crippen LogP contribution in [0.3, 0.4) is 0 Å². The average Bonchev–Trinajstić information content (AvgIpc) is 3.55. The molecule has 180 valence electrons. The molecule has 5 aromatic rings. The van der Waals surface area contributed by atoms with E-state index in [2.05, 4.69) is 19.9 Å². The number of imidazole rings is 1. The van der Waals surface area contributed by atoms with Crippen molar-refractivity contribution < 1.29 is 9.13 Å². The molecule has 10 heteroatoms. The molecule has 0 fully saturated rings. The van der Waals surface area contributed by atoms with Crippen molar-refractivity contribution in [1.29, 1.82) is 0 Å². The zero-order chi connectivity index (χ0) is 24.6. The molecule has 0 spiro atoms. The molecule has 36 heavy (non-hydrogen) atoms. The number of hydrogen-bond acceptors (Lipinski definition) is 7. The molecule has 1 aromatic carbocycles. The molecule has 0 bridgehead atoms. The van der Waals surface area contributed by atoms with Gasteiger partial charge in [0.1, 0.15) is 23.0 Å². The molecule has 0 saturated carbocycles. The lowest BCUT2D eigenvalue weighted by molar-refractivity contribution is 0.396. The molecule has 1 aliphatic heterocycles. The van der Waals surface area contributed by atoms with E-state index in [0.717, 1.165) is 42.2 Å². The number of nitrogens with zero attached hydrogens (tertiary/aromatic N) is 8. The number of fused-ring (bicyclic) bond motifs is 1. The Morgan fingerprint density at radius 2 is 1.89 bits per heavy atom. The van der Waals surface area contributed by atoms with Gasteiger partial charge in [-0.1, -0.05) is 6.07 Å². The first-order valence-electron chi connectivity index (χ1n) is 11.7. The van der Waals surface area contributed by atoms with E-state index < -0.39 is 0 Å². The van der Waals surface area contributed by atoms with E-state index in [4.69, 9.17) is 14.8 Å². The Hall–Kier alpha value is -4.47. The number of ether oxygens (including phenoxy) is 1. The van der Waals surface area contributed by atoms with E-state index in [1.165, 1.54) is 6.07 Å². The summed E-state index contributed by atoms with van der Waals surface area (Å²) < 4.78 is 24.0. The Bertz CT molecular complexity index is 1550. The van der Waals surface area contributed by atoms with E-state index in [9.17, 15) is 4.39 Å². The SMILES string of the molecule is COc1nc(-c2nc3n(n2)CCCC3c2ccc(F)c(-c3ncccn3)c2)ccc1-n1cnc(C)c1. The van der Waals surface area contributed by atoms with Crippen LogP contribution in [0.1, 0.15) is 35.8 Å². The maximum atomic E-state index is 14.6. The summed E-state index contributed by atoms with van der Waals surface area (Å²) in [6.07, 6.45) is 8.68. The molecular weight excluding hydrogens is 459 g/mol. The summed E-state index contributed by atoms with van der Waals surface area (Å²) in [5.41, 5.74) is 3.63. The van der Waals surface area contributed by atoms with Gasteiger partial charge in [-0.3, -0.25) is 0 Å². The second-order valence-electron chi connectivity index (χ2n) is 8.67. The molecule has 0 saturated heterocycles. The number of benzene rings is 1. The van der Waals surface area contributed by atoms with Crippen LogP contribution in [-0.2, 0) is 6.54 Å². The molecule has 9 nitrogen and oxygen atoms in total. The lowest BCUT2D eigenvalue weighted by Crippen LogP contribution is -2.18. The van der Waals surface area contributed by atoms with E-state index in [-0.39, 0.29) is 11.7 Å². The third-order valence-corrected chi connectivity index (χ3v) is 6.33. The first kappa shape index (κ1) is 22.0. The first-order chi connectivity index (χ1) is 17.6. The topological polar surface area (TPSA) is 96.4 Å². The highest BCUT2D eigenvalue weighted by molar-refractivity contribution is 5.58. The Labute approximate surface area is 206 Å². The molecule has 0 amide bonds. The monoisotopic (exact) mass is 482 g/mol. The first-order valence-corrected chi connectivity index (χ1v) is 11.7. The maximum Gasteiger partial charge on any atom is 0.238 e. The van der Waals surface area contributed by atoms with Crippen LogP contribution in [0.2, 0.25) is 0 Å². The fourth-order valence-corrected chi connectivity index (χ4v) is 4.60. The van der Waals surface area contributed by atoms with Gasteiger partial charge in [-0.05, 0) is 55.7 Å². The highest BCUT2D eigenvalue weighted by Crippen LogP contribution is 2.35. The van der Waals surface area contributed by atoms with Gasteiger partial charge in [0.15, 0.2) is 11.6 Å². The minimum atomic E-state index is -0.354. The van der Waals surface area contributed by atoms with Gasteiger partial charge < -0.3 is 9.30 Å². The number of aromatic nitrogens is 8. The number of hydrogen-bond donors (Lipinski definition) is 0. The van der Waals surface area contributed by atoms with Crippen LogP contribution in [-0.4, -0.2) is 46.4 Å². The molecule has 1 aliphatic rings. The number of aryl methyl sites for hydroxylation is 2. The molecule has 0 radical (unpaired) electrons. The van der Waals surface area contributed by atoms with Crippen LogP contribution >= 0.6 is 0 Å². The normalized spacial score (nSPS) is 15.0. The van der Waals surface area contributed by atoms with Crippen LogP contribution in [0.25, 0.3) is 28.6 Å². The van der Waals surface area contributed by atoms with Gasteiger partial charge in [0.2, 0.25) is 5.88 Å². The predicted octanol–water partition coefficient (Wildman–Crippen LogP) is 4.36. The summed E-state index contributed by atoms with van der Waals surface area (Å²) in [6.45, 7) is 2.69. The smallest absolute Gasteiger partial charge is 0.238 e. The van der Waals surface area contributed by atoms with Gasteiger partial charge in [0.05, 0.1) is 24.7 Å². The van der Waals surface area contributed by atoms with Crippen molar-refractivity contribution >= 4 is 0 Å². The van der Waals surface area contributed by atoms with Crippen molar-refractivity contribution in [3.8, 4) is 34.5 Å². The second-order valence-corrected chi connectivity index (χ2v) is 8.67. The highest BCUT2D eigenvalue weighted by atomic mass is 19.1. The van der Waals surface area contributed by atoms with E-state index >= 15 is 0 Å². The Morgan fingerprint density at radius 3 is 2.67 bits per heavy atom. The quantitative estimate of drug-likeness (QED) is 0.367. The van der Waals surface area contributed by atoms with Crippen LogP contribution in [0.4, 0.5) is 4.39 Å². The number of rotatable bonds is 5. The van der Waals surface area contributed by atoms with E-state index in [1.807, 2.05) is 40.6 Å². The number of methoxy groups -OCH3 is 1. The lowest BCUT2D eigenvalue weighted by atomic mass is 9.90. The molecule has 0 N–H and O–H groups in total. The predicted molar refractivity (Wildman–Crippen MR) is 130 cm³/mol. The summed E-state index contributed by atoms with van der Waals surface area (Å²) in [5, 5.41) is 4.75. The molecular formula is C26H23FN8O. The lowest BCUT2D eigenvalue weighted by Gasteiger charge is -2.22. The van der Waals surface area contributed by atoms with Crippen molar-refractivity contribution in [2.45, 2.75) is 32.2 Å². The Morgan fingerprint density at radius 1 is 1.03 bits per heavy atom. The van der Waals surface area contributed by atoms with Crippen molar-refractivity contribution in [3.05, 3.63) is 84.2 Å². The van der Waals surface area contributed by atoms with Crippen molar-refractivity contribution in [3.63, 3.8) is 0 Å². The van der Waals surface area contributed by atoms with Gasteiger partial charge in [0, 0.05) is 31.1 Å². The van der Waals surface area contributed by atoms with Crippen LogP contribution < -0.4 is 4.74 Å². The third-order valence-electron chi connectivity index (χ3n) is 6.33. The van der Waals surface area contributed by atoms with Gasteiger partial charge in [0.25, 0.3) is 0 Å². The molecule has 4 aromatic heterocycles. The van der Waals surface area contributed by atoms with Gasteiger partial charge >= 0.3 is 0 Å². The summed E-state index contributed by atoms with van der Waals surface area (Å²) in [6, 6.07) is 10.6. The van der Waals surface area contributed by atoms with Crippen molar-refractivity contribution in [2.24, 2.45) is 0 Å². The van der Waals surface area contributed by atoms with E-state index in [1.54, 1.807) is 38.0 Å². The second kappa shape index (κ2) is 8.95. The van der Waals surface area contributed by atoms with E-state index in [0.29, 0.717) is 28.8 Å². The fourth-order valence-electron chi connectivity index (χ4n) is 4.60. The Balaban J connectivity index is 1.37. The standard InChI is InChI=1S/C26H23FN8O/c1-16-14-34(15-30-16)22-9-8-21(31-26(22)36-2)24-32-25-18(5-3-12-35(25)33-24)17-6-7-20(27)19(13-17)23-28-10-4-11-29-23/h4,6-11,13-15,18H,3,5,12H2,1-2H3. The summed E-state index contributed by atoms with van der Waals surface area (Å²) in [4.78, 5) is 22.3. The van der Waals surface area contributed by atoms with Gasteiger partial charge in [-0.25, -0.2) is 34.0 Å². The zero-order valence-electron chi connectivity index (χ0n) is 19.8. The van der Waals surface area contributed by atoms with Gasteiger partial charge in [-0.2, -0.15) is 0 Å². The third kappa shape index (κ3) is 3.90. The minimum absolute atomic E-state index is 0.0295. The zero-order valence-corrected chi connectivity index (χ0v) is 19.8. The fraction of sp³-hybridized carbons (Fsp3) is 0.231. The Kier molecular flexibility index (Phi) is 5.48. The molecule has 1 atom stereocenters. The van der Waals surface area contributed by atoms with Crippen LogP contribution in [0, 0.1) is 12.7 Å². The molecule has 1 unspecified atom stereocenters. The van der Waals surface area contributed by atoms with Crippen LogP contribution in [0.15, 0.2) is 61.3 Å². The molecule has 6 rings (SSSR count). The summed E-state index contributed by atoms with van der Waals surface area (Å²) >= 11 is 0.